The highest BCUT2D eigenvalue weighted by molar-refractivity contribution is 6.33. The zero-order chi connectivity index (χ0) is 17.6. The second-order valence-electron chi connectivity index (χ2n) is 6.51. The van der Waals surface area contributed by atoms with E-state index < -0.39 is 0 Å². The first-order valence-electron chi connectivity index (χ1n) is 8.77. The molecule has 132 valence electrons. The number of anilines is 3. The smallest absolute Gasteiger partial charge is 0.244 e. The first-order chi connectivity index (χ1) is 12.1. The van der Waals surface area contributed by atoms with Crippen LogP contribution in [-0.4, -0.2) is 21.7 Å². The molecule has 1 aromatic heterocycles. The van der Waals surface area contributed by atoms with E-state index in [1.165, 1.54) is 31.3 Å². The third kappa shape index (κ3) is 4.92. The predicted octanol–water partition coefficient (Wildman–Crippen LogP) is 5.19. The summed E-state index contributed by atoms with van der Waals surface area (Å²) in [6.07, 6.45) is 10.1. The summed E-state index contributed by atoms with van der Waals surface area (Å²) in [6.45, 7) is 4.87. The van der Waals surface area contributed by atoms with Gasteiger partial charge < -0.3 is 10.6 Å². The van der Waals surface area contributed by atoms with Gasteiger partial charge in [0, 0.05) is 6.54 Å². The normalized spacial score (nSPS) is 14.1. The molecule has 1 heterocycles. The molecule has 2 N–H and O–H groups in total. The van der Waals surface area contributed by atoms with Gasteiger partial charge in [0.05, 0.1) is 16.9 Å². The van der Waals surface area contributed by atoms with E-state index >= 15 is 0 Å². The third-order valence-corrected chi connectivity index (χ3v) is 4.66. The Labute approximate surface area is 153 Å². The van der Waals surface area contributed by atoms with E-state index in [4.69, 9.17) is 11.6 Å². The van der Waals surface area contributed by atoms with Crippen LogP contribution in [0.25, 0.3) is 0 Å². The topological polar surface area (TPSA) is 62.7 Å². The van der Waals surface area contributed by atoms with Gasteiger partial charge in [0.25, 0.3) is 0 Å². The van der Waals surface area contributed by atoms with E-state index in [-0.39, 0.29) is 0 Å². The molecule has 0 saturated heterocycles. The Hall–Kier alpha value is -2.14. The van der Waals surface area contributed by atoms with Gasteiger partial charge in [0.2, 0.25) is 5.95 Å². The van der Waals surface area contributed by atoms with Crippen LogP contribution in [0.5, 0.6) is 0 Å². The maximum atomic E-state index is 6.35. The van der Waals surface area contributed by atoms with Crippen molar-refractivity contribution < 1.29 is 0 Å². The molecule has 1 aliphatic carbocycles. The zero-order valence-corrected chi connectivity index (χ0v) is 15.5. The number of hydrogen-bond donors (Lipinski definition) is 2. The Morgan fingerprint density at radius 3 is 2.84 bits per heavy atom. The molecular formula is C19H24ClN5. The lowest BCUT2D eigenvalue weighted by molar-refractivity contribution is 0.679. The summed E-state index contributed by atoms with van der Waals surface area (Å²) in [7, 11) is 0. The standard InChI is InChI=1S/C19H24ClN5/c1-13-10-14(2)18(16(20)11-13)23-17-12-22-25-19(24-17)21-9-8-15-6-4-3-5-7-15/h6,10-12H,3-5,7-9H2,1-2H3,(H2,21,23,24,25). The largest absolute Gasteiger partial charge is 0.353 e. The van der Waals surface area contributed by atoms with Crippen molar-refractivity contribution in [1.29, 1.82) is 0 Å². The highest BCUT2D eigenvalue weighted by atomic mass is 35.5. The van der Waals surface area contributed by atoms with Crippen LogP contribution in [0.15, 0.2) is 30.0 Å². The number of benzene rings is 1. The molecule has 0 spiro atoms. The average Bonchev–Trinajstić information content (AvgIpc) is 2.59. The Morgan fingerprint density at radius 2 is 2.08 bits per heavy atom. The first-order valence-corrected chi connectivity index (χ1v) is 9.15. The van der Waals surface area contributed by atoms with E-state index in [2.05, 4.69) is 38.0 Å². The lowest BCUT2D eigenvalue weighted by Gasteiger charge is -2.14. The van der Waals surface area contributed by atoms with Crippen LogP contribution in [-0.2, 0) is 0 Å². The summed E-state index contributed by atoms with van der Waals surface area (Å²) in [5.74, 6) is 1.16. The zero-order valence-electron chi connectivity index (χ0n) is 14.8. The van der Waals surface area contributed by atoms with Gasteiger partial charge in [-0.15, -0.1) is 5.10 Å². The molecule has 25 heavy (non-hydrogen) atoms. The van der Waals surface area contributed by atoms with Gasteiger partial charge in [0.15, 0.2) is 5.82 Å². The van der Waals surface area contributed by atoms with Gasteiger partial charge in [-0.05, 0) is 63.1 Å². The fraction of sp³-hybridized carbons (Fsp3) is 0.421. The molecule has 0 aliphatic heterocycles. The summed E-state index contributed by atoms with van der Waals surface area (Å²) >= 11 is 6.35. The highest BCUT2D eigenvalue weighted by Gasteiger charge is 2.08. The van der Waals surface area contributed by atoms with Crippen molar-refractivity contribution in [3.8, 4) is 0 Å². The van der Waals surface area contributed by atoms with Crippen molar-refractivity contribution in [3.63, 3.8) is 0 Å². The van der Waals surface area contributed by atoms with Crippen LogP contribution >= 0.6 is 11.6 Å². The van der Waals surface area contributed by atoms with Crippen molar-refractivity contribution in [3.05, 3.63) is 46.1 Å². The van der Waals surface area contributed by atoms with Crippen molar-refractivity contribution >= 4 is 29.1 Å². The Bertz CT molecular complexity index is 749. The predicted molar refractivity (Wildman–Crippen MR) is 104 cm³/mol. The number of allylic oxidation sites excluding steroid dienone is 1. The lowest BCUT2D eigenvalue weighted by atomic mass is 9.97. The molecule has 0 atom stereocenters. The summed E-state index contributed by atoms with van der Waals surface area (Å²) in [6, 6.07) is 4.02. The van der Waals surface area contributed by atoms with Crippen LogP contribution in [0, 0.1) is 13.8 Å². The van der Waals surface area contributed by atoms with E-state index in [1.807, 2.05) is 19.9 Å². The number of nitrogens with one attached hydrogen (secondary N) is 2. The summed E-state index contributed by atoms with van der Waals surface area (Å²) in [5.41, 5.74) is 4.59. The van der Waals surface area contributed by atoms with Crippen molar-refractivity contribution in [2.45, 2.75) is 46.0 Å². The minimum atomic E-state index is 0.530. The molecule has 0 radical (unpaired) electrons. The summed E-state index contributed by atoms with van der Waals surface area (Å²) < 4.78 is 0. The van der Waals surface area contributed by atoms with E-state index in [1.54, 1.807) is 6.20 Å². The van der Waals surface area contributed by atoms with Gasteiger partial charge in [-0.3, -0.25) is 0 Å². The number of rotatable bonds is 6. The molecule has 0 bridgehead atoms. The van der Waals surface area contributed by atoms with E-state index in [0.717, 1.165) is 29.8 Å². The Balaban J connectivity index is 1.62. The maximum absolute atomic E-state index is 6.35. The van der Waals surface area contributed by atoms with Crippen LogP contribution in [0.2, 0.25) is 5.02 Å². The Kier molecular flexibility index (Phi) is 5.87. The summed E-state index contributed by atoms with van der Waals surface area (Å²) in [5, 5.41) is 15.3. The van der Waals surface area contributed by atoms with Gasteiger partial charge in [-0.2, -0.15) is 10.1 Å². The second kappa shape index (κ2) is 8.30. The monoisotopic (exact) mass is 357 g/mol. The van der Waals surface area contributed by atoms with Gasteiger partial charge in [0.1, 0.15) is 0 Å². The van der Waals surface area contributed by atoms with Crippen LogP contribution in [0.3, 0.4) is 0 Å². The summed E-state index contributed by atoms with van der Waals surface area (Å²) in [4.78, 5) is 4.48. The van der Waals surface area contributed by atoms with Crippen molar-refractivity contribution in [2.75, 3.05) is 17.2 Å². The molecule has 3 rings (SSSR count). The highest BCUT2D eigenvalue weighted by Crippen LogP contribution is 2.29. The molecular weight excluding hydrogens is 334 g/mol. The van der Waals surface area contributed by atoms with Crippen molar-refractivity contribution in [1.82, 2.24) is 15.2 Å². The quantitative estimate of drug-likeness (QED) is 0.697. The van der Waals surface area contributed by atoms with E-state index in [0.29, 0.717) is 16.8 Å². The second-order valence-corrected chi connectivity index (χ2v) is 6.92. The SMILES string of the molecule is Cc1cc(C)c(Nc2cnnc(NCCC3=CCCCC3)n2)c(Cl)c1. The average molecular weight is 358 g/mol. The fourth-order valence-electron chi connectivity index (χ4n) is 3.11. The third-order valence-electron chi connectivity index (χ3n) is 4.36. The lowest BCUT2D eigenvalue weighted by Crippen LogP contribution is -2.09. The molecule has 5 nitrogen and oxygen atoms in total. The van der Waals surface area contributed by atoms with Crippen LogP contribution in [0.1, 0.15) is 43.2 Å². The van der Waals surface area contributed by atoms with Crippen LogP contribution < -0.4 is 10.6 Å². The molecule has 0 amide bonds. The van der Waals surface area contributed by atoms with Crippen LogP contribution in [0.4, 0.5) is 17.5 Å². The fourth-order valence-corrected chi connectivity index (χ4v) is 3.48. The Morgan fingerprint density at radius 1 is 1.20 bits per heavy atom. The molecule has 0 unspecified atom stereocenters. The van der Waals surface area contributed by atoms with Gasteiger partial charge in [-0.25, -0.2) is 0 Å². The number of aromatic nitrogens is 3. The molecule has 6 heteroatoms. The number of aryl methyl sites for hydroxylation is 2. The van der Waals surface area contributed by atoms with Crippen molar-refractivity contribution in [2.24, 2.45) is 0 Å². The first kappa shape index (κ1) is 17.7. The molecule has 0 saturated carbocycles. The minimum absolute atomic E-state index is 0.530. The molecule has 1 aliphatic rings. The molecule has 1 aromatic carbocycles. The number of hydrogen-bond acceptors (Lipinski definition) is 5. The van der Waals surface area contributed by atoms with E-state index in [9.17, 15) is 0 Å². The number of halogens is 1. The minimum Gasteiger partial charge on any atom is -0.353 e. The van der Waals surface area contributed by atoms with Gasteiger partial charge in [-0.1, -0.05) is 29.3 Å². The maximum Gasteiger partial charge on any atom is 0.244 e. The van der Waals surface area contributed by atoms with Gasteiger partial charge >= 0.3 is 0 Å². The molecule has 2 aromatic rings. The molecule has 0 fully saturated rings. The number of nitrogens with zero attached hydrogens (tertiary/aromatic N) is 3.